The van der Waals surface area contributed by atoms with Crippen molar-refractivity contribution in [1.29, 1.82) is 5.26 Å². The van der Waals surface area contributed by atoms with Gasteiger partial charge >= 0.3 is 0 Å². The molecule has 0 fully saturated rings. The minimum atomic E-state index is 0.561. The number of ether oxygens (including phenoxy) is 1. The second kappa shape index (κ2) is 6.93. The first-order valence-corrected chi connectivity index (χ1v) is 6.96. The van der Waals surface area contributed by atoms with E-state index in [0.29, 0.717) is 18.1 Å². The molecule has 0 aliphatic heterocycles. The zero-order valence-corrected chi connectivity index (χ0v) is 12.0. The first kappa shape index (κ1) is 14.4. The van der Waals surface area contributed by atoms with Crippen molar-refractivity contribution in [3.05, 3.63) is 42.0 Å². The molecule has 3 nitrogen and oxygen atoms in total. The van der Waals surface area contributed by atoms with E-state index in [0.717, 1.165) is 29.6 Å². The van der Waals surface area contributed by atoms with Crippen LogP contribution in [0.15, 0.2) is 36.4 Å². The van der Waals surface area contributed by atoms with E-state index in [9.17, 15) is 0 Å². The van der Waals surface area contributed by atoms with Crippen molar-refractivity contribution in [2.45, 2.75) is 13.8 Å². The van der Waals surface area contributed by atoms with Crippen molar-refractivity contribution in [2.24, 2.45) is 5.92 Å². The molecule has 0 saturated heterocycles. The van der Waals surface area contributed by atoms with Crippen molar-refractivity contribution in [2.75, 3.05) is 25.1 Å². The lowest BCUT2D eigenvalue weighted by Crippen LogP contribution is -2.12. The molecule has 104 valence electrons. The summed E-state index contributed by atoms with van der Waals surface area (Å²) in [4.78, 5) is 0. The summed E-state index contributed by atoms with van der Waals surface area (Å²) in [6, 6.07) is 14.0. The number of nitrogens with one attached hydrogen (secondary N) is 1. The lowest BCUT2D eigenvalue weighted by atomic mass is 10.0. The summed E-state index contributed by atoms with van der Waals surface area (Å²) in [5, 5.41) is 14.6. The maximum atomic E-state index is 9.13. The Kier molecular flexibility index (Phi) is 4.97. The van der Waals surface area contributed by atoms with Crippen molar-refractivity contribution >= 4 is 16.5 Å². The molecule has 0 heterocycles. The summed E-state index contributed by atoms with van der Waals surface area (Å²) < 4.78 is 5.56. The van der Waals surface area contributed by atoms with Gasteiger partial charge in [0.1, 0.15) is 0 Å². The smallest absolute Gasteiger partial charge is 0.0998 e. The van der Waals surface area contributed by atoms with Crippen LogP contribution in [-0.4, -0.2) is 19.8 Å². The number of nitriles is 1. The lowest BCUT2D eigenvalue weighted by Gasteiger charge is -2.11. The van der Waals surface area contributed by atoms with Gasteiger partial charge < -0.3 is 10.1 Å². The van der Waals surface area contributed by atoms with Crippen LogP contribution in [-0.2, 0) is 4.74 Å². The average Bonchev–Trinajstić information content (AvgIpc) is 2.46. The second-order valence-electron chi connectivity index (χ2n) is 5.21. The minimum Gasteiger partial charge on any atom is -0.382 e. The first-order valence-electron chi connectivity index (χ1n) is 6.96. The molecule has 0 amide bonds. The molecule has 0 saturated carbocycles. The topological polar surface area (TPSA) is 45.0 Å². The standard InChI is InChI=1S/C17H20N2O/c1-13(2)12-20-10-9-19-17-8-7-14(11-18)15-5-3-4-6-16(15)17/h3-8,13,19H,9-10,12H2,1-2H3. The fraction of sp³-hybridized carbons (Fsp3) is 0.353. The third-order valence-electron chi connectivity index (χ3n) is 3.06. The highest BCUT2D eigenvalue weighted by molar-refractivity contribution is 5.97. The predicted octanol–water partition coefficient (Wildman–Crippen LogP) is 3.80. The van der Waals surface area contributed by atoms with Crippen molar-refractivity contribution in [1.82, 2.24) is 0 Å². The Labute approximate surface area is 120 Å². The van der Waals surface area contributed by atoms with E-state index in [4.69, 9.17) is 10.00 Å². The molecule has 2 aromatic rings. The van der Waals surface area contributed by atoms with E-state index in [-0.39, 0.29) is 0 Å². The summed E-state index contributed by atoms with van der Waals surface area (Å²) in [6.07, 6.45) is 0. The van der Waals surface area contributed by atoms with E-state index in [2.05, 4.69) is 25.2 Å². The number of benzene rings is 2. The Bertz CT molecular complexity index is 614. The maximum Gasteiger partial charge on any atom is 0.0998 e. The summed E-state index contributed by atoms with van der Waals surface area (Å²) >= 11 is 0. The quantitative estimate of drug-likeness (QED) is 0.811. The maximum absolute atomic E-state index is 9.13. The molecule has 20 heavy (non-hydrogen) atoms. The molecule has 0 atom stereocenters. The normalized spacial score (nSPS) is 10.7. The highest BCUT2D eigenvalue weighted by Crippen LogP contribution is 2.26. The Balaban J connectivity index is 2.06. The average molecular weight is 268 g/mol. The van der Waals surface area contributed by atoms with Crippen molar-refractivity contribution in [3.8, 4) is 6.07 Å². The zero-order valence-electron chi connectivity index (χ0n) is 12.0. The fourth-order valence-corrected chi connectivity index (χ4v) is 2.13. The van der Waals surface area contributed by atoms with Gasteiger partial charge in [-0.05, 0) is 18.1 Å². The molecule has 0 aliphatic carbocycles. The number of hydrogen-bond acceptors (Lipinski definition) is 3. The van der Waals surface area contributed by atoms with Gasteiger partial charge in [0.25, 0.3) is 0 Å². The molecule has 3 heteroatoms. The van der Waals surface area contributed by atoms with Crippen LogP contribution in [0.4, 0.5) is 5.69 Å². The van der Waals surface area contributed by atoms with Gasteiger partial charge in [0, 0.05) is 29.6 Å². The predicted molar refractivity (Wildman–Crippen MR) is 82.8 cm³/mol. The number of rotatable bonds is 6. The highest BCUT2D eigenvalue weighted by Gasteiger charge is 2.04. The van der Waals surface area contributed by atoms with Crippen LogP contribution in [0.5, 0.6) is 0 Å². The Morgan fingerprint density at radius 1 is 1.15 bits per heavy atom. The summed E-state index contributed by atoms with van der Waals surface area (Å²) in [5.74, 6) is 0.561. The minimum absolute atomic E-state index is 0.561. The monoisotopic (exact) mass is 268 g/mol. The second-order valence-corrected chi connectivity index (χ2v) is 5.21. The van der Waals surface area contributed by atoms with Crippen molar-refractivity contribution < 1.29 is 4.74 Å². The van der Waals surface area contributed by atoms with Crippen LogP contribution in [0.3, 0.4) is 0 Å². The van der Waals surface area contributed by atoms with Crippen LogP contribution >= 0.6 is 0 Å². The van der Waals surface area contributed by atoms with E-state index in [1.54, 1.807) is 0 Å². The third-order valence-corrected chi connectivity index (χ3v) is 3.06. The summed E-state index contributed by atoms with van der Waals surface area (Å²) in [5.41, 5.74) is 1.76. The molecule has 0 spiro atoms. The Morgan fingerprint density at radius 3 is 2.60 bits per heavy atom. The van der Waals surface area contributed by atoms with Gasteiger partial charge in [-0.3, -0.25) is 0 Å². The Hall–Kier alpha value is -2.05. The molecule has 0 radical (unpaired) electrons. The summed E-state index contributed by atoms with van der Waals surface area (Å²) in [7, 11) is 0. The molecular weight excluding hydrogens is 248 g/mol. The van der Waals surface area contributed by atoms with Gasteiger partial charge in [-0.1, -0.05) is 38.1 Å². The van der Waals surface area contributed by atoms with Crippen molar-refractivity contribution in [3.63, 3.8) is 0 Å². The lowest BCUT2D eigenvalue weighted by molar-refractivity contribution is 0.118. The zero-order chi connectivity index (χ0) is 14.4. The number of fused-ring (bicyclic) bond motifs is 1. The van der Waals surface area contributed by atoms with E-state index in [1.807, 2.05) is 36.4 Å². The molecule has 0 aromatic heterocycles. The van der Waals surface area contributed by atoms with E-state index >= 15 is 0 Å². The van der Waals surface area contributed by atoms with Crippen LogP contribution in [0.1, 0.15) is 19.4 Å². The fourth-order valence-electron chi connectivity index (χ4n) is 2.13. The van der Waals surface area contributed by atoms with Gasteiger partial charge in [-0.25, -0.2) is 0 Å². The Morgan fingerprint density at radius 2 is 1.90 bits per heavy atom. The molecular formula is C17H20N2O. The van der Waals surface area contributed by atoms with Gasteiger partial charge in [-0.2, -0.15) is 5.26 Å². The largest absolute Gasteiger partial charge is 0.382 e. The molecule has 1 N–H and O–H groups in total. The molecule has 2 aromatic carbocycles. The van der Waals surface area contributed by atoms with Gasteiger partial charge in [0.05, 0.1) is 18.2 Å². The molecule has 0 aliphatic rings. The summed E-state index contributed by atoms with van der Waals surface area (Å²) in [6.45, 7) is 6.52. The van der Waals surface area contributed by atoms with Gasteiger partial charge in [-0.15, -0.1) is 0 Å². The number of hydrogen-bond donors (Lipinski definition) is 1. The van der Waals surface area contributed by atoms with Crippen LogP contribution in [0, 0.1) is 17.2 Å². The molecule has 0 bridgehead atoms. The van der Waals surface area contributed by atoms with E-state index in [1.165, 1.54) is 0 Å². The van der Waals surface area contributed by atoms with Crippen LogP contribution in [0.25, 0.3) is 10.8 Å². The van der Waals surface area contributed by atoms with Gasteiger partial charge in [0.15, 0.2) is 0 Å². The molecule has 0 unspecified atom stereocenters. The molecule has 2 rings (SSSR count). The van der Waals surface area contributed by atoms with Crippen LogP contribution < -0.4 is 5.32 Å². The first-order chi connectivity index (χ1) is 9.72. The van der Waals surface area contributed by atoms with E-state index < -0.39 is 0 Å². The highest BCUT2D eigenvalue weighted by atomic mass is 16.5. The SMILES string of the molecule is CC(C)COCCNc1ccc(C#N)c2ccccc12. The third kappa shape index (κ3) is 3.49. The van der Waals surface area contributed by atoms with Crippen LogP contribution in [0.2, 0.25) is 0 Å². The van der Waals surface area contributed by atoms with Gasteiger partial charge in [0.2, 0.25) is 0 Å². The number of nitrogens with zero attached hydrogens (tertiary/aromatic N) is 1. The number of anilines is 1.